The Morgan fingerprint density at radius 2 is 1.30 bits per heavy atom. The van der Waals surface area contributed by atoms with Gasteiger partial charge in [-0.15, -0.1) is 5.06 Å². The number of hydroxylamine groups is 2. The van der Waals surface area contributed by atoms with Gasteiger partial charge in [0, 0.05) is 66.7 Å². The lowest BCUT2D eigenvalue weighted by Crippen LogP contribution is -2.31. The molecule has 0 spiro atoms. The Morgan fingerprint density at radius 1 is 0.689 bits per heavy atom. The molecule has 1 fully saturated rings. The van der Waals surface area contributed by atoms with Crippen LogP contribution >= 0.6 is 0 Å². The van der Waals surface area contributed by atoms with Crippen LogP contribution in [0.3, 0.4) is 0 Å². The van der Waals surface area contributed by atoms with Gasteiger partial charge in [-0.3, -0.25) is 27.8 Å². The van der Waals surface area contributed by atoms with Crippen molar-refractivity contribution in [1.29, 1.82) is 0 Å². The summed E-state index contributed by atoms with van der Waals surface area (Å²) in [5.74, 6) is -2.89. The van der Waals surface area contributed by atoms with Crippen LogP contribution in [0.2, 0.25) is 0 Å². The third-order valence-electron chi connectivity index (χ3n) is 13.8. The molecule has 3 heterocycles. The van der Waals surface area contributed by atoms with Crippen molar-refractivity contribution in [3.63, 3.8) is 0 Å². The summed E-state index contributed by atoms with van der Waals surface area (Å²) in [5.41, 5.74) is 6.69. The molecule has 19 nitrogen and oxygen atoms in total. The van der Waals surface area contributed by atoms with Crippen LogP contribution in [0.15, 0.2) is 112 Å². The molecule has 0 aromatic heterocycles. The van der Waals surface area contributed by atoms with Crippen LogP contribution in [0.25, 0.3) is 5.57 Å². The van der Waals surface area contributed by atoms with Crippen molar-refractivity contribution in [1.82, 2.24) is 5.06 Å². The highest BCUT2D eigenvalue weighted by atomic mass is 32.2. The Bertz CT molecular complexity index is 3390. The molecular formula is C51H60N3O16S4+. The van der Waals surface area contributed by atoms with E-state index in [0.29, 0.717) is 66.4 Å². The molecular weight excluding hydrogens is 1040 g/mol. The van der Waals surface area contributed by atoms with Crippen molar-refractivity contribution in [2.45, 2.75) is 119 Å². The van der Waals surface area contributed by atoms with Crippen molar-refractivity contribution in [3.05, 3.63) is 124 Å². The van der Waals surface area contributed by atoms with E-state index in [1.807, 2.05) is 76.3 Å². The fourth-order valence-electron chi connectivity index (χ4n) is 10.2. The van der Waals surface area contributed by atoms with Gasteiger partial charge in [0.2, 0.25) is 5.69 Å². The van der Waals surface area contributed by atoms with E-state index in [-0.39, 0.29) is 55.0 Å². The minimum Gasteiger partial charge on any atom is -0.344 e. The minimum atomic E-state index is -4.62. The number of nitrogens with zero attached hydrogens (tertiary/aromatic N) is 3. The third kappa shape index (κ3) is 12.9. The summed E-state index contributed by atoms with van der Waals surface area (Å²) in [6.45, 7) is 7.89. The number of aryl methyl sites for hydroxylation is 1. The van der Waals surface area contributed by atoms with E-state index in [0.717, 1.165) is 39.0 Å². The molecule has 3 aromatic carbocycles. The zero-order valence-corrected chi connectivity index (χ0v) is 44.6. The molecule has 4 aliphatic rings. The summed E-state index contributed by atoms with van der Waals surface area (Å²) >= 11 is 0. The Balaban J connectivity index is 1.30. The monoisotopic (exact) mass is 1100 g/mol. The molecule has 7 rings (SSSR count). The van der Waals surface area contributed by atoms with Gasteiger partial charge in [0.05, 0.1) is 21.8 Å². The zero-order chi connectivity index (χ0) is 54.2. The van der Waals surface area contributed by atoms with E-state index in [4.69, 9.17) is 4.84 Å². The highest BCUT2D eigenvalue weighted by Crippen LogP contribution is 2.49. The van der Waals surface area contributed by atoms with Crippen LogP contribution in [0.1, 0.15) is 114 Å². The van der Waals surface area contributed by atoms with Gasteiger partial charge in [-0.1, -0.05) is 56.3 Å². The SMILES string of the molecule is CC1(C)C(/C=C/C2=C(c3ccc(CCCCC(=O)ON4C(=O)CCC4=O)cc3)C(=C/C=C3/N(CCCS(=O)(=O)O)c4cc(S(=O)(=O)O)ccc4C3(C)C)/CCC2)=[N+](CCCS(=O)(=O)O)c2cc(S(=O)(=O)O)ccc21. The highest BCUT2D eigenvalue weighted by molar-refractivity contribution is 7.86. The van der Waals surface area contributed by atoms with Gasteiger partial charge in [-0.2, -0.15) is 38.2 Å². The first-order valence-corrected chi connectivity index (χ1v) is 30.1. The molecule has 1 aliphatic carbocycles. The molecule has 0 saturated carbocycles. The topological polar surface area (TPSA) is 287 Å². The summed E-state index contributed by atoms with van der Waals surface area (Å²) in [6, 6.07) is 16.4. The number of hydrogen-bond acceptors (Lipinski definition) is 13. The molecule has 2 amide bonds. The highest BCUT2D eigenvalue weighted by Gasteiger charge is 2.45. The van der Waals surface area contributed by atoms with Crippen LogP contribution in [0.4, 0.5) is 11.4 Å². The second-order valence-electron chi connectivity index (χ2n) is 19.8. The molecule has 74 heavy (non-hydrogen) atoms. The summed E-state index contributed by atoms with van der Waals surface area (Å²) in [6.07, 6.45) is 11.3. The quantitative estimate of drug-likeness (QED) is 0.0375. The number of allylic oxidation sites excluding steroid dienone is 8. The number of imide groups is 1. The number of amides is 2. The van der Waals surface area contributed by atoms with E-state index in [9.17, 15) is 66.3 Å². The first-order chi connectivity index (χ1) is 34.5. The lowest BCUT2D eigenvalue weighted by Gasteiger charge is -2.27. The van der Waals surface area contributed by atoms with Crippen molar-refractivity contribution in [2.75, 3.05) is 29.5 Å². The van der Waals surface area contributed by atoms with Gasteiger partial charge in [0.25, 0.3) is 52.3 Å². The summed E-state index contributed by atoms with van der Waals surface area (Å²) < 4.78 is 138. The molecule has 0 bridgehead atoms. The van der Waals surface area contributed by atoms with Crippen LogP contribution in [-0.2, 0) is 76.9 Å². The zero-order valence-electron chi connectivity index (χ0n) is 41.4. The first-order valence-electron chi connectivity index (χ1n) is 24.0. The maximum atomic E-state index is 12.4. The van der Waals surface area contributed by atoms with E-state index < -0.39 is 80.6 Å². The Morgan fingerprint density at radius 3 is 1.92 bits per heavy atom. The molecule has 0 unspecified atom stereocenters. The molecule has 3 aromatic rings. The number of fused-ring (bicyclic) bond motifs is 2. The van der Waals surface area contributed by atoms with Crippen molar-refractivity contribution < 1.29 is 75.7 Å². The van der Waals surface area contributed by atoms with Crippen LogP contribution in [-0.4, -0.2) is 110 Å². The molecule has 3 aliphatic heterocycles. The second-order valence-corrected chi connectivity index (χ2v) is 25.8. The normalized spacial score (nSPS) is 19.1. The summed E-state index contributed by atoms with van der Waals surface area (Å²) in [4.78, 5) is 42.3. The predicted octanol–water partition coefficient (Wildman–Crippen LogP) is 7.23. The largest absolute Gasteiger partial charge is 0.344 e. The van der Waals surface area contributed by atoms with Crippen molar-refractivity contribution in [2.24, 2.45) is 0 Å². The minimum absolute atomic E-state index is 0.00220. The van der Waals surface area contributed by atoms with Gasteiger partial charge in [-0.25, -0.2) is 4.79 Å². The van der Waals surface area contributed by atoms with Crippen LogP contribution in [0, 0.1) is 0 Å². The number of benzene rings is 3. The van der Waals surface area contributed by atoms with E-state index in [1.54, 1.807) is 21.6 Å². The number of unbranched alkanes of at least 4 members (excludes halogenated alkanes) is 1. The van der Waals surface area contributed by atoms with Gasteiger partial charge in [0.1, 0.15) is 11.4 Å². The number of rotatable bonds is 20. The Hall–Kier alpha value is -5.66. The predicted molar refractivity (Wildman–Crippen MR) is 275 cm³/mol. The van der Waals surface area contributed by atoms with Gasteiger partial charge >= 0.3 is 5.97 Å². The smallest absolute Gasteiger partial charge is 0.333 e. The Labute approximate surface area is 431 Å². The number of carbonyl (C=O) groups is 3. The molecule has 23 heteroatoms. The Kier molecular flexibility index (Phi) is 16.3. The standard InChI is InChI=1S/C51H59N3O16S4/c1-50(2)40-22-20-38(73(64,65)66)32-42(40)52(28-8-30-71(58,59)60)44(50)24-18-35-11-7-12-36(49(35)37-16-14-34(15-17-37)10-5-6-13-48(57)70-54-46(55)26-27-47(54)56)19-25-45-51(3,4)41-23-21-39(74(67,68)69)33-43(41)53(45)29-9-31-72(61,62)63/h14-25,32-33H,5-13,26-31H2,1-4H3,(H3-,58,59,60,61,62,63,64,65,66,67,68,69)/p+1. The fourth-order valence-corrected chi connectivity index (χ4v) is 12.2. The average Bonchev–Trinajstić information content (AvgIpc) is 3.81. The second kappa shape index (κ2) is 21.5. The number of hydrogen-bond donors (Lipinski definition) is 4. The molecule has 0 radical (unpaired) electrons. The molecule has 1 saturated heterocycles. The lowest BCUT2D eigenvalue weighted by molar-refractivity contribution is -0.437. The molecule has 4 N–H and O–H groups in total. The van der Waals surface area contributed by atoms with Crippen molar-refractivity contribution >= 4 is 80.9 Å². The number of anilines is 1. The maximum Gasteiger partial charge on any atom is 0.333 e. The van der Waals surface area contributed by atoms with Gasteiger partial charge < -0.3 is 9.74 Å². The first kappa shape index (κ1) is 56.1. The lowest BCUT2D eigenvalue weighted by atomic mass is 9.79. The fraction of sp³-hybridized carbons (Fsp3) is 0.412. The average molecular weight is 1100 g/mol. The van der Waals surface area contributed by atoms with E-state index >= 15 is 0 Å². The van der Waals surface area contributed by atoms with Crippen LogP contribution < -0.4 is 4.90 Å². The molecule has 398 valence electrons. The van der Waals surface area contributed by atoms with Crippen LogP contribution in [0.5, 0.6) is 0 Å². The summed E-state index contributed by atoms with van der Waals surface area (Å²) in [5, 5.41) is 0.529. The number of carbonyl (C=O) groups excluding carboxylic acids is 3. The third-order valence-corrected chi connectivity index (χ3v) is 17.2. The van der Waals surface area contributed by atoms with E-state index in [1.165, 1.54) is 24.3 Å². The van der Waals surface area contributed by atoms with Crippen molar-refractivity contribution in [3.8, 4) is 0 Å². The van der Waals surface area contributed by atoms with Gasteiger partial charge in [0.15, 0.2) is 5.71 Å². The summed E-state index contributed by atoms with van der Waals surface area (Å²) in [7, 11) is -17.9. The van der Waals surface area contributed by atoms with Gasteiger partial charge in [-0.05, 0) is 123 Å². The molecule has 0 atom stereocenters. The maximum absolute atomic E-state index is 12.4. The van der Waals surface area contributed by atoms with E-state index in [2.05, 4.69) is 0 Å².